The lowest BCUT2D eigenvalue weighted by Gasteiger charge is -2.43. The highest BCUT2D eigenvalue weighted by atomic mass is 16.5. The van der Waals surface area contributed by atoms with Crippen molar-refractivity contribution < 1.29 is 9.53 Å². The molecule has 4 nitrogen and oxygen atoms in total. The minimum Gasteiger partial charge on any atom is -0.468 e. The van der Waals surface area contributed by atoms with Crippen LogP contribution in [0, 0.1) is 5.92 Å². The molecule has 1 N–H and O–H groups in total. The van der Waals surface area contributed by atoms with Gasteiger partial charge in [-0.2, -0.15) is 0 Å². The van der Waals surface area contributed by atoms with Gasteiger partial charge in [0.2, 0.25) is 0 Å². The van der Waals surface area contributed by atoms with E-state index in [4.69, 9.17) is 4.74 Å². The molecule has 1 aliphatic rings. The molecule has 20 heavy (non-hydrogen) atoms. The number of hydrogen-bond donors (Lipinski definition) is 1. The van der Waals surface area contributed by atoms with Crippen molar-refractivity contribution >= 4 is 5.97 Å². The van der Waals surface area contributed by atoms with Crippen LogP contribution in [-0.2, 0) is 9.53 Å². The van der Waals surface area contributed by atoms with Gasteiger partial charge in [-0.15, -0.1) is 0 Å². The molecule has 118 valence electrons. The van der Waals surface area contributed by atoms with Crippen molar-refractivity contribution in [3.05, 3.63) is 0 Å². The van der Waals surface area contributed by atoms with Crippen LogP contribution in [0.1, 0.15) is 53.9 Å². The maximum atomic E-state index is 12.1. The molecule has 4 unspecified atom stereocenters. The van der Waals surface area contributed by atoms with Gasteiger partial charge < -0.3 is 10.1 Å². The van der Waals surface area contributed by atoms with Gasteiger partial charge in [-0.1, -0.05) is 13.8 Å². The zero-order valence-corrected chi connectivity index (χ0v) is 14.0. The molecule has 4 heteroatoms. The molecule has 0 spiro atoms. The molecule has 1 rings (SSSR count). The van der Waals surface area contributed by atoms with Crippen LogP contribution in [0.3, 0.4) is 0 Å². The van der Waals surface area contributed by atoms with E-state index in [1.54, 1.807) is 0 Å². The Bertz CT molecular complexity index is 322. The summed E-state index contributed by atoms with van der Waals surface area (Å²) in [5.74, 6) is 0.584. The molecule has 0 aromatic heterocycles. The first-order chi connectivity index (χ1) is 9.34. The van der Waals surface area contributed by atoms with Gasteiger partial charge in [-0.3, -0.25) is 9.69 Å². The number of piperidine rings is 1. The van der Waals surface area contributed by atoms with Crippen LogP contribution < -0.4 is 5.32 Å². The molecule has 0 amide bonds. The van der Waals surface area contributed by atoms with Gasteiger partial charge in [0.25, 0.3) is 0 Å². The predicted octanol–water partition coefficient (Wildman–Crippen LogP) is 2.43. The van der Waals surface area contributed by atoms with E-state index in [9.17, 15) is 4.79 Å². The number of rotatable bonds is 6. The number of nitrogens with one attached hydrogen (secondary N) is 1. The van der Waals surface area contributed by atoms with Crippen molar-refractivity contribution in [1.82, 2.24) is 10.2 Å². The summed E-state index contributed by atoms with van der Waals surface area (Å²) in [4.78, 5) is 14.6. The van der Waals surface area contributed by atoms with Crippen molar-refractivity contribution in [2.24, 2.45) is 5.92 Å². The quantitative estimate of drug-likeness (QED) is 0.761. The molecule has 4 atom stereocenters. The largest absolute Gasteiger partial charge is 0.468 e. The monoisotopic (exact) mass is 284 g/mol. The fraction of sp³-hybridized carbons (Fsp3) is 0.938. The number of carbonyl (C=O) groups excluding carboxylic acids is 1. The third kappa shape index (κ3) is 4.19. The smallest absolute Gasteiger partial charge is 0.325 e. The summed E-state index contributed by atoms with van der Waals surface area (Å²) in [5, 5.41) is 3.30. The Morgan fingerprint density at radius 3 is 2.65 bits per heavy atom. The summed E-state index contributed by atoms with van der Waals surface area (Å²) in [5.41, 5.74) is -0.594. The molecule has 0 aromatic carbocycles. The number of carbonyl (C=O) groups is 1. The van der Waals surface area contributed by atoms with E-state index >= 15 is 0 Å². The van der Waals surface area contributed by atoms with Gasteiger partial charge in [0.1, 0.15) is 5.54 Å². The first kappa shape index (κ1) is 17.4. The van der Waals surface area contributed by atoms with Gasteiger partial charge in [-0.05, 0) is 52.5 Å². The summed E-state index contributed by atoms with van der Waals surface area (Å²) in [6.45, 7) is 12.7. The van der Waals surface area contributed by atoms with Crippen LogP contribution >= 0.6 is 0 Å². The van der Waals surface area contributed by atoms with Crippen LogP contribution in [0.25, 0.3) is 0 Å². The lowest BCUT2D eigenvalue weighted by atomic mass is 9.88. The standard InChI is InChI=1S/C16H32N2O2/c1-7-17-16(5,15(19)20-6)10-14(4)18-11-12(2)8-9-13(18)3/h12-14,17H,7-11H2,1-6H3. The molecule has 0 aromatic rings. The molecule has 0 aliphatic carbocycles. The van der Waals surface area contributed by atoms with Gasteiger partial charge in [0, 0.05) is 18.6 Å². The van der Waals surface area contributed by atoms with Gasteiger partial charge in [0.15, 0.2) is 0 Å². The van der Waals surface area contributed by atoms with Crippen LogP contribution in [-0.4, -0.2) is 48.7 Å². The lowest BCUT2D eigenvalue weighted by molar-refractivity contribution is -0.149. The number of hydrogen-bond acceptors (Lipinski definition) is 4. The molecule has 1 heterocycles. The molecule has 1 fully saturated rings. The molecule has 0 bridgehead atoms. The average Bonchev–Trinajstić information content (AvgIpc) is 2.40. The Kier molecular flexibility index (Phi) is 6.46. The molecule has 1 aliphatic heterocycles. The highest BCUT2D eigenvalue weighted by Gasteiger charge is 2.38. The number of likely N-dealkylation sites (tertiary alicyclic amines) is 1. The SMILES string of the molecule is CCNC(C)(CC(C)N1CC(C)CCC1C)C(=O)OC. The van der Waals surface area contributed by atoms with Gasteiger partial charge in [-0.25, -0.2) is 0 Å². The molecular formula is C16H32N2O2. The fourth-order valence-electron chi connectivity index (χ4n) is 3.49. The van der Waals surface area contributed by atoms with E-state index < -0.39 is 5.54 Å². The predicted molar refractivity (Wildman–Crippen MR) is 82.7 cm³/mol. The Hall–Kier alpha value is -0.610. The number of esters is 1. The second kappa shape index (κ2) is 7.41. The van der Waals surface area contributed by atoms with Crippen molar-refractivity contribution in [1.29, 1.82) is 0 Å². The van der Waals surface area contributed by atoms with Crippen LogP contribution in [0.2, 0.25) is 0 Å². The number of ether oxygens (including phenoxy) is 1. The summed E-state index contributed by atoms with van der Waals surface area (Å²) >= 11 is 0. The molecular weight excluding hydrogens is 252 g/mol. The highest BCUT2D eigenvalue weighted by molar-refractivity contribution is 5.80. The lowest BCUT2D eigenvalue weighted by Crippen LogP contribution is -2.56. The second-order valence-electron chi connectivity index (χ2n) is 6.64. The first-order valence-electron chi connectivity index (χ1n) is 7.93. The third-order valence-corrected chi connectivity index (χ3v) is 4.64. The Morgan fingerprint density at radius 1 is 1.45 bits per heavy atom. The maximum absolute atomic E-state index is 12.1. The van der Waals surface area contributed by atoms with Crippen LogP contribution in [0.15, 0.2) is 0 Å². The summed E-state index contributed by atoms with van der Waals surface area (Å²) < 4.78 is 4.98. The van der Waals surface area contributed by atoms with Gasteiger partial charge in [0.05, 0.1) is 7.11 Å². The second-order valence-corrected chi connectivity index (χ2v) is 6.64. The van der Waals surface area contributed by atoms with Crippen LogP contribution in [0.5, 0.6) is 0 Å². The summed E-state index contributed by atoms with van der Waals surface area (Å²) in [7, 11) is 1.47. The Balaban J connectivity index is 2.74. The van der Waals surface area contributed by atoms with E-state index in [0.29, 0.717) is 12.1 Å². The topological polar surface area (TPSA) is 41.6 Å². The van der Waals surface area contributed by atoms with Gasteiger partial charge >= 0.3 is 5.97 Å². The van der Waals surface area contributed by atoms with E-state index in [1.165, 1.54) is 20.0 Å². The van der Waals surface area contributed by atoms with E-state index in [-0.39, 0.29) is 5.97 Å². The fourth-order valence-corrected chi connectivity index (χ4v) is 3.49. The van der Waals surface area contributed by atoms with E-state index in [0.717, 1.165) is 25.4 Å². The molecule has 0 radical (unpaired) electrons. The normalized spacial score (nSPS) is 28.7. The number of likely N-dealkylation sites (N-methyl/N-ethyl adjacent to an activating group) is 1. The van der Waals surface area contributed by atoms with Crippen molar-refractivity contribution in [3.8, 4) is 0 Å². The number of methoxy groups -OCH3 is 1. The molecule has 1 saturated heterocycles. The summed E-state index contributed by atoms with van der Waals surface area (Å²) in [6.07, 6.45) is 3.35. The first-order valence-corrected chi connectivity index (χ1v) is 7.93. The summed E-state index contributed by atoms with van der Waals surface area (Å²) in [6, 6.07) is 0.973. The third-order valence-electron chi connectivity index (χ3n) is 4.64. The van der Waals surface area contributed by atoms with Crippen molar-refractivity contribution in [2.45, 2.75) is 71.5 Å². The number of nitrogens with zero attached hydrogens (tertiary/aromatic N) is 1. The van der Waals surface area contributed by atoms with E-state index in [2.05, 4.69) is 31.0 Å². The van der Waals surface area contributed by atoms with Crippen LogP contribution in [0.4, 0.5) is 0 Å². The Labute approximate surface area is 124 Å². The van der Waals surface area contributed by atoms with E-state index in [1.807, 2.05) is 13.8 Å². The highest BCUT2D eigenvalue weighted by Crippen LogP contribution is 2.27. The van der Waals surface area contributed by atoms with Crippen molar-refractivity contribution in [2.75, 3.05) is 20.2 Å². The zero-order chi connectivity index (χ0) is 15.3. The van der Waals surface area contributed by atoms with Crippen molar-refractivity contribution in [3.63, 3.8) is 0 Å². The average molecular weight is 284 g/mol. The maximum Gasteiger partial charge on any atom is 0.325 e. The molecule has 0 saturated carbocycles. The minimum atomic E-state index is -0.594. The Morgan fingerprint density at radius 2 is 2.10 bits per heavy atom. The zero-order valence-electron chi connectivity index (χ0n) is 14.0. The minimum absolute atomic E-state index is 0.163.